The topological polar surface area (TPSA) is 35.2 Å². The molecular weight excluding hydrogens is 289 g/mol. The fourth-order valence-corrected chi connectivity index (χ4v) is 1.31. The van der Waals surface area contributed by atoms with Crippen molar-refractivity contribution in [2.75, 3.05) is 5.73 Å². The summed E-state index contributed by atoms with van der Waals surface area (Å²) >= 11 is 2.57. The van der Waals surface area contributed by atoms with E-state index in [-0.39, 0.29) is 0 Å². The molecule has 1 aromatic rings. The second kappa shape index (κ2) is 3.84. The maximum atomic E-state index is 12.9. The molecule has 0 aromatic heterocycles. The number of nitrogens with two attached hydrogens (primary N) is 1. The first-order chi connectivity index (χ1) is 6.72. The molecule has 0 atom stereocenters. The first-order valence-corrected chi connectivity index (χ1v) is 4.20. The minimum atomic E-state index is -5.11. The monoisotopic (exact) mass is 291 g/mol. The lowest BCUT2D eigenvalue weighted by atomic mass is 10.3. The fraction of sp³-hybridized carbons (Fsp3) is 0.143. The summed E-state index contributed by atoms with van der Waals surface area (Å²) in [5, 5.41) is 0. The van der Waals surface area contributed by atoms with E-state index in [0.717, 1.165) is 6.07 Å². The SMILES string of the molecule is Nc1cc(Br)c(OC(F)(F)F)c(F)c1F. The molecule has 0 heterocycles. The number of benzene rings is 1. The predicted molar refractivity (Wildman–Crippen MR) is 45.2 cm³/mol. The zero-order chi connectivity index (χ0) is 11.8. The van der Waals surface area contributed by atoms with Crippen LogP contribution in [0.1, 0.15) is 0 Å². The van der Waals surface area contributed by atoms with E-state index in [0.29, 0.717) is 0 Å². The normalized spacial score (nSPS) is 11.6. The molecule has 0 fully saturated rings. The highest BCUT2D eigenvalue weighted by Crippen LogP contribution is 2.36. The molecule has 8 heteroatoms. The molecule has 0 bridgehead atoms. The molecule has 0 aliphatic carbocycles. The van der Waals surface area contributed by atoms with E-state index >= 15 is 0 Å². The number of anilines is 1. The summed E-state index contributed by atoms with van der Waals surface area (Å²) in [6.07, 6.45) is -5.11. The molecule has 15 heavy (non-hydrogen) atoms. The van der Waals surface area contributed by atoms with Gasteiger partial charge in [-0.3, -0.25) is 0 Å². The summed E-state index contributed by atoms with van der Waals surface area (Å²) in [6, 6.07) is 0.777. The lowest BCUT2D eigenvalue weighted by molar-refractivity contribution is -0.276. The number of ether oxygens (including phenoxy) is 1. The summed E-state index contributed by atoms with van der Waals surface area (Å²) in [7, 11) is 0. The number of halogens is 6. The van der Waals surface area contributed by atoms with Crippen molar-refractivity contribution < 1.29 is 26.7 Å². The smallest absolute Gasteiger partial charge is 0.401 e. The van der Waals surface area contributed by atoms with E-state index in [2.05, 4.69) is 20.7 Å². The number of alkyl halides is 3. The summed E-state index contributed by atoms with van der Waals surface area (Å²) in [5.74, 6) is -4.66. The van der Waals surface area contributed by atoms with Crippen LogP contribution in [-0.4, -0.2) is 6.36 Å². The molecule has 0 radical (unpaired) electrons. The second-order valence-electron chi connectivity index (χ2n) is 2.45. The Morgan fingerprint density at radius 3 is 2.20 bits per heavy atom. The molecule has 1 aromatic carbocycles. The van der Waals surface area contributed by atoms with Gasteiger partial charge in [-0.05, 0) is 22.0 Å². The van der Waals surface area contributed by atoms with Crippen LogP contribution in [0, 0.1) is 11.6 Å². The largest absolute Gasteiger partial charge is 0.573 e. The van der Waals surface area contributed by atoms with Crippen LogP contribution in [0.25, 0.3) is 0 Å². The highest BCUT2D eigenvalue weighted by Gasteiger charge is 2.34. The van der Waals surface area contributed by atoms with E-state index in [1.807, 2.05) is 0 Å². The van der Waals surface area contributed by atoms with Gasteiger partial charge in [-0.15, -0.1) is 13.2 Å². The van der Waals surface area contributed by atoms with Crippen molar-refractivity contribution in [2.45, 2.75) is 6.36 Å². The first-order valence-electron chi connectivity index (χ1n) is 3.41. The molecule has 0 amide bonds. The van der Waals surface area contributed by atoms with Crippen molar-refractivity contribution in [3.8, 4) is 5.75 Å². The Balaban J connectivity index is 3.24. The molecule has 0 unspecified atom stereocenters. The fourth-order valence-electron chi connectivity index (χ4n) is 0.806. The van der Waals surface area contributed by atoms with E-state index in [4.69, 9.17) is 5.73 Å². The number of hydrogen-bond acceptors (Lipinski definition) is 2. The van der Waals surface area contributed by atoms with Gasteiger partial charge < -0.3 is 10.5 Å². The molecule has 0 aliphatic rings. The minimum Gasteiger partial charge on any atom is -0.401 e. The number of rotatable bonds is 1. The van der Waals surface area contributed by atoms with Gasteiger partial charge in [0.1, 0.15) is 0 Å². The Morgan fingerprint density at radius 2 is 1.73 bits per heavy atom. The second-order valence-corrected chi connectivity index (χ2v) is 3.31. The van der Waals surface area contributed by atoms with Gasteiger partial charge in [0, 0.05) is 0 Å². The van der Waals surface area contributed by atoms with Crippen LogP contribution >= 0.6 is 15.9 Å². The molecule has 2 N–H and O–H groups in total. The van der Waals surface area contributed by atoms with Gasteiger partial charge in [-0.1, -0.05) is 0 Å². The highest BCUT2D eigenvalue weighted by molar-refractivity contribution is 9.10. The van der Waals surface area contributed by atoms with Gasteiger partial charge in [-0.2, -0.15) is 4.39 Å². The lowest BCUT2D eigenvalue weighted by Gasteiger charge is -2.12. The zero-order valence-electron chi connectivity index (χ0n) is 6.83. The molecule has 1 rings (SSSR count). The van der Waals surface area contributed by atoms with Crippen LogP contribution in [0.4, 0.5) is 27.6 Å². The van der Waals surface area contributed by atoms with Crippen LogP contribution in [0.3, 0.4) is 0 Å². The van der Waals surface area contributed by atoms with E-state index < -0.39 is 33.9 Å². The maximum Gasteiger partial charge on any atom is 0.573 e. The van der Waals surface area contributed by atoms with Crippen molar-refractivity contribution in [3.05, 3.63) is 22.2 Å². The number of nitrogen functional groups attached to an aromatic ring is 1. The van der Waals surface area contributed by atoms with E-state index in [1.54, 1.807) is 0 Å². The van der Waals surface area contributed by atoms with Gasteiger partial charge >= 0.3 is 6.36 Å². The highest BCUT2D eigenvalue weighted by atomic mass is 79.9. The minimum absolute atomic E-state index is 0.420. The summed E-state index contributed by atoms with van der Waals surface area (Å²) in [4.78, 5) is 0. The van der Waals surface area contributed by atoms with Crippen LogP contribution in [0.2, 0.25) is 0 Å². The predicted octanol–water partition coefficient (Wildman–Crippen LogP) is 3.21. The molecular formula is C7H3BrF5NO. The molecule has 84 valence electrons. The third-order valence-corrected chi connectivity index (χ3v) is 1.95. The van der Waals surface area contributed by atoms with Crippen molar-refractivity contribution in [1.29, 1.82) is 0 Å². The van der Waals surface area contributed by atoms with Crippen molar-refractivity contribution in [2.24, 2.45) is 0 Å². The van der Waals surface area contributed by atoms with Gasteiger partial charge in [0.2, 0.25) is 5.82 Å². The van der Waals surface area contributed by atoms with Gasteiger partial charge in [0.05, 0.1) is 10.2 Å². The lowest BCUT2D eigenvalue weighted by Crippen LogP contribution is -2.19. The Hall–Kier alpha value is -1.05. The Kier molecular flexibility index (Phi) is 3.08. The van der Waals surface area contributed by atoms with E-state index in [9.17, 15) is 22.0 Å². The Morgan fingerprint density at radius 1 is 1.20 bits per heavy atom. The molecule has 0 saturated carbocycles. The summed E-state index contributed by atoms with van der Waals surface area (Å²) in [6.45, 7) is 0. The van der Waals surface area contributed by atoms with Gasteiger partial charge in [-0.25, -0.2) is 4.39 Å². The van der Waals surface area contributed by atoms with Gasteiger partial charge in [0.25, 0.3) is 0 Å². The average Bonchev–Trinajstić information content (AvgIpc) is 2.07. The number of hydrogen-bond donors (Lipinski definition) is 1. The maximum absolute atomic E-state index is 12.9. The van der Waals surface area contributed by atoms with Crippen LogP contribution in [-0.2, 0) is 0 Å². The standard InChI is InChI=1S/C7H3BrF5NO/c8-2-1-3(14)4(9)5(10)6(2)15-7(11,12)13/h1H,14H2. The van der Waals surface area contributed by atoms with E-state index in [1.165, 1.54) is 0 Å². The third kappa shape index (κ3) is 2.71. The van der Waals surface area contributed by atoms with Crippen molar-refractivity contribution in [3.63, 3.8) is 0 Å². The third-order valence-electron chi connectivity index (χ3n) is 1.36. The van der Waals surface area contributed by atoms with Crippen LogP contribution in [0.15, 0.2) is 10.5 Å². The molecule has 0 aliphatic heterocycles. The summed E-state index contributed by atoms with van der Waals surface area (Å²) in [5.41, 5.74) is 4.36. The van der Waals surface area contributed by atoms with Gasteiger partial charge in [0.15, 0.2) is 11.6 Å². The first kappa shape index (κ1) is 12.0. The zero-order valence-corrected chi connectivity index (χ0v) is 8.42. The van der Waals surface area contributed by atoms with Crippen LogP contribution < -0.4 is 10.5 Å². The van der Waals surface area contributed by atoms with Crippen LogP contribution in [0.5, 0.6) is 5.75 Å². The molecule has 0 saturated heterocycles. The molecule has 0 spiro atoms. The van der Waals surface area contributed by atoms with Crippen molar-refractivity contribution in [1.82, 2.24) is 0 Å². The Bertz CT molecular complexity index is 392. The van der Waals surface area contributed by atoms with Crippen molar-refractivity contribution >= 4 is 21.6 Å². The summed E-state index contributed by atoms with van der Waals surface area (Å²) < 4.78 is 63.9. The molecule has 2 nitrogen and oxygen atoms in total. The quantitative estimate of drug-likeness (QED) is 0.490. The Labute approximate surface area is 88.9 Å². The average molecular weight is 292 g/mol.